The summed E-state index contributed by atoms with van der Waals surface area (Å²) in [6.07, 6.45) is 3.15. The molecule has 0 radical (unpaired) electrons. The number of fused-ring (bicyclic) bond motifs is 4. The van der Waals surface area contributed by atoms with Gasteiger partial charge >= 0.3 is 11.7 Å². The molecule has 2 aromatic heterocycles. The minimum absolute atomic E-state index is 0.0878. The Morgan fingerprint density at radius 1 is 0.970 bits per heavy atom. The van der Waals surface area contributed by atoms with Crippen LogP contribution in [0.15, 0.2) is 63.7 Å². The van der Waals surface area contributed by atoms with E-state index in [4.69, 9.17) is 13.9 Å². The number of hydrogen-bond donors (Lipinski definition) is 0. The van der Waals surface area contributed by atoms with E-state index in [1.165, 1.54) is 6.26 Å². The summed E-state index contributed by atoms with van der Waals surface area (Å²) in [7, 11) is 3.43. The van der Waals surface area contributed by atoms with Crippen LogP contribution >= 0.6 is 0 Å². The van der Waals surface area contributed by atoms with Crippen molar-refractivity contribution in [1.82, 2.24) is 9.13 Å². The average molecular weight is 442 g/mol. The van der Waals surface area contributed by atoms with Gasteiger partial charge in [0.25, 0.3) is 0 Å². The Kier molecular flexibility index (Phi) is 4.01. The monoisotopic (exact) mass is 442 g/mol. The molecule has 8 heteroatoms. The third-order valence-electron chi connectivity index (χ3n) is 6.29. The molecule has 2 aliphatic rings. The number of Topliss-reactive ketones (excluding diaryl/α,β-unsaturated/α-hetero) is 1. The van der Waals surface area contributed by atoms with Crippen LogP contribution in [0.5, 0.6) is 11.5 Å². The molecule has 0 amide bonds. The Bertz CT molecular complexity index is 1570. The summed E-state index contributed by atoms with van der Waals surface area (Å²) in [6, 6.07) is 12.4. The van der Waals surface area contributed by atoms with Gasteiger partial charge < -0.3 is 13.9 Å². The molecule has 0 bridgehead atoms. The van der Waals surface area contributed by atoms with Gasteiger partial charge in [0, 0.05) is 31.7 Å². The number of hydrogen-bond acceptors (Lipinski definition) is 6. The molecule has 33 heavy (non-hydrogen) atoms. The molecule has 0 saturated carbocycles. The lowest BCUT2D eigenvalue weighted by Crippen LogP contribution is -2.21. The minimum Gasteiger partial charge on any atom is -0.465 e. The van der Waals surface area contributed by atoms with Gasteiger partial charge in [0.15, 0.2) is 5.76 Å². The van der Waals surface area contributed by atoms with Crippen LogP contribution < -0.4 is 15.2 Å². The van der Waals surface area contributed by atoms with Crippen molar-refractivity contribution in [2.75, 3.05) is 0 Å². The van der Waals surface area contributed by atoms with E-state index in [9.17, 15) is 14.4 Å². The van der Waals surface area contributed by atoms with Crippen LogP contribution in [0.4, 0.5) is 0 Å². The van der Waals surface area contributed by atoms with E-state index in [0.717, 1.165) is 16.6 Å². The summed E-state index contributed by atoms with van der Waals surface area (Å²) in [6.45, 7) is 0. The van der Waals surface area contributed by atoms with Gasteiger partial charge in [0.05, 0.1) is 29.3 Å². The van der Waals surface area contributed by atoms with E-state index in [1.807, 2.05) is 18.2 Å². The number of carbonyl (C=O) groups is 2. The van der Waals surface area contributed by atoms with Crippen molar-refractivity contribution >= 4 is 28.9 Å². The number of benzene rings is 2. The zero-order valence-electron chi connectivity index (χ0n) is 17.8. The summed E-state index contributed by atoms with van der Waals surface area (Å²) in [5.41, 5.74) is 3.29. The van der Waals surface area contributed by atoms with Crippen molar-refractivity contribution < 1.29 is 23.5 Å². The van der Waals surface area contributed by atoms with Crippen LogP contribution in [0, 0.1) is 0 Å². The van der Waals surface area contributed by atoms with Crippen molar-refractivity contribution in [3.8, 4) is 11.5 Å². The van der Waals surface area contributed by atoms with E-state index >= 15 is 0 Å². The fraction of sp³-hybridized carbons (Fsp3) is 0.160. The van der Waals surface area contributed by atoms with Crippen molar-refractivity contribution in [2.45, 2.75) is 12.3 Å². The van der Waals surface area contributed by atoms with Gasteiger partial charge in [-0.1, -0.05) is 6.07 Å². The van der Waals surface area contributed by atoms with Crippen LogP contribution in [-0.4, -0.2) is 20.9 Å². The highest BCUT2D eigenvalue weighted by molar-refractivity contribution is 6.15. The molecule has 4 aromatic rings. The van der Waals surface area contributed by atoms with Gasteiger partial charge in [-0.2, -0.15) is 0 Å². The maximum absolute atomic E-state index is 13.0. The second-order valence-electron chi connectivity index (χ2n) is 8.19. The maximum atomic E-state index is 13.0. The molecule has 0 saturated heterocycles. The van der Waals surface area contributed by atoms with Gasteiger partial charge in [-0.25, -0.2) is 4.79 Å². The van der Waals surface area contributed by atoms with Gasteiger partial charge in [-0.15, -0.1) is 0 Å². The van der Waals surface area contributed by atoms with E-state index in [1.54, 1.807) is 53.6 Å². The Labute approximate surface area is 187 Å². The van der Waals surface area contributed by atoms with Crippen molar-refractivity contribution in [3.05, 3.63) is 87.4 Å². The normalized spacial score (nSPS) is 18.4. The number of nitrogens with zero attached hydrogens (tertiary/aromatic N) is 2. The number of allylic oxidation sites excluding steroid dienone is 1. The van der Waals surface area contributed by atoms with E-state index < -0.39 is 5.92 Å². The first-order valence-electron chi connectivity index (χ1n) is 10.4. The lowest BCUT2D eigenvalue weighted by Gasteiger charge is -2.26. The van der Waals surface area contributed by atoms with E-state index in [-0.39, 0.29) is 29.6 Å². The van der Waals surface area contributed by atoms with Crippen LogP contribution in [0.25, 0.3) is 17.1 Å². The molecule has 8 nitrogen and oxygen atoms in total. The highest BCUT2D eigenvalue weighted by Gasteiger charge is 2.38. The molecule has 2 aliphatic heterocycles. The Morgan fingerprint density at radius 3 is 2.58 bits per heavy atom. The first-order chi connectivity index (χ1) is 15.9. The lowest BCUT2D eigenvalue weighted by atomic mass is 9.84. The third kappa shape index (κ3) is 2.80. The topological polar surface area (TPSA) is 92.7 Å². The number of esters is 1. The van der Waals surface area contributed by atoms with Crippen molar-refractivity contribution in [2.24, 2.45) is 14.1 Å². The molecule has 164 valence electrons. The number of furan rings is 1. The number of aryl methyl sites for hydroxylation is 2. The molecule has 0 N–H and O–H groups in total. The van der Waals surface area contributed by atoms with E-state index in [2.05, 4.69) is 0 Å². The van der Waals surface area contributed by atoms with Crippen LogP contribution in [0.1, 0.15) is 39.6 Å². The zero-order valence-corrected chi connectivity index (χ0v) is 17.8. The number of ether oxygens (including phenoxy) is 2. The Morgan fingerprint density at radius 2 is 1.79 bits per heavy atom. The summed E-state index contributed by atoms with van der Waals surface area (Å²) in [5, 5.41) is 0. The van der Waals surface area contributed by atoms with Crippen molar-refractivity contribution in [3.63, 3.8) is 0 Å². The SMILES string of the molecule is Cn1c(=O)n(C)c2cc(C3CC(=O)Oc4ccc5c(c43)O/C(=C\c3ccco3)C5=O)ccc21. The largest absolute Gasteiger partial charge is 0.465 e. The highest BCUT2D eigenvalue weighted by atomic mass is 16.5. The van der Waals surface area contributed by atoms with Gasteiger partial charge in [0.1, 0.15) is 17.3 Å². The molecule has 1 unspecified atom stereocenters. The van der Waals surface area contributed by atoms with E-state index in [0.29, 0.717) is 28.4 Å². The van der Waals surface area contributed by atoms with Crippen LogP contribution in [0.3, 0.4) is 0 Å². The first kappa shape index (κ1) is 19.4. The average Bonchev–Trinajstić information content (AvgIpc) is 3.49. The zero-order chi connectivity index (χ0) is 22.9. The maximum Gasteiger partial charge on any atom is 0.328 e. The van der Waals surface area contributed by atoms with Crippen molar-refractivity contribution in [1.29, 1.82) is 0 Å². The third-order valence-corrected chi connectivity index (χ3v) is 6.29. The second-order valence-corrected chi connectivity index (χ2v) is 8.19. The molecule has 1 atom stereocenters. The standard InChI is InChI=1S/C25H18N2O6/c1-26-17-7-5-13(10-18(17)27(2)25(26)30)16-12-21(28)32-19-8-6-15-23(29)20(33-24(15)22(16)19)11-14-4-3-9-31-14/h3-11,16H,12H2,1-2H3/b20-11-. The molecule has 2 aromatic carbocycles. The summed E-state index contributed by atoms with van der Waals surface area (Å²) in [5.74, 6) is 0.361. The van der Waals surface area contributed by atoms with Gasteiger partial charge in [0.2, 0.25) is 5.78 Å². The number of carbonyl (C=O) groups excluding carboxylic acids is 2. The van der Waals surface area contributed by atoms with Crippen LogP contribution in [0.2, 0.25) is 0 Å². The molecule has 4 heterocycles. The minimum atomic E-state index is -0.397. The van der Waals surface area contributed by atoms with Gasteiger partial charge in [-0.3, -0.25) is 18.7 Å². The molecule has 0 aliphatic carbocycles. The number of ketones is 1. The summed E-state index contributed by atoms with van der Waals surface area (Å²) < 4.78 is 20.0. The first-order valence-corrected chi connectivity index (χ1v) is 10.4. The molecular formula is C25H18N2O6. The fourth-order valence-corrected chi connectivity index (χ4v) is 4.63. The smallest absolute Gasteiger partial charge is 0.328 e. The summed E-state index contributed by atoms with van der Waals surface area (Å²) in [4.78, 5) is 37.8. The predicted molar refractivity (Wildman–Crippen MR) is 118 cm³/mol. The number of imidazole rings is 1. The molecule has 6 rings (SSSR count). The predicted octanol–water partition coefficient (Wildman–Crippen LogP) is 3.53. The lowest BCUT2D eigenvalue weighted by molar-refractivity contribution is -0.135. The Hall–Kier alpha value is -4.33. The van der Waals surface area contributed by atoms with Gasteiger partial charge in [-0.05, 0) is 42.0 Å². The number of aromatic nitrogens is 2. The molecule has 0 fully saturated rings. The quantitative estimate of drug-likeness (QED) is 0.268. The summed E-state index contributed by atoms with van der Waals surface area (Å²) >= 11 is 0. The number of rotatable bonds is 2. The highest BCUT2D eigenvalue weighted by Crippen LogP contribution is 2.49. The fourth-order valence-electron chi connectivity index (χ4n) is 4.63. The van der Waals surface area contributed by atoms with Crippen LogP contribution in [-0.2, 0) is 18.9 Å². The Balaban J connectivity index is 1.52. The molecular weight excluding hydrogens is 424 g/mol. The second kappa shape index (κ2) is 6.83. The molecule has 0 spiro atoms.